The van der Waals surface area contributed by atoms with E-state index in [1.54, 1.807) is 18.6 Å². The monoisotopic (exact) mass is 270 g/mol. The Bertz CT molecular complexity index is 523. The molecule has 1 N–H and O–H groups in total. The number of ether oxygens (including phenoxy) is 1. The summed E-state index contributed by atoms with van der Waals surface area (Å²) in [6, 6.07) is 8.23. The number of anilines is 1. The average Bonchev–Trinajstić information content (AvgIpc) is 2.55. The molecule has 1 fully saturated rings. The van der Waals surface area contributed by atoms with Crippen LogP contribution in [0.25, 0.3) is 0 Å². The molecule has 0 atom stereocenters. The van der Waals surface area contributed by atoms with Crippen LogP contribution in [0, 0.1) is 0 Å². The molecule has 0 bridgehead atoms. The summed E-state index contributed by atoms with van der Waals surface area (Å²) in [5, 5.41) is 3.36. The van der Waals surface area contributed by atoms with Crippen LogP contribution < -0.4 is 15.0 Å². The molecule has 2 aromatic rings. The van der Waals surface area contributed by atoms with Gasteiger partial charge in [0.2, 0.25) is 0 Å². The minimum atomic E-state index is 0.445. The van der Waals surface area contributed by atoms with Crippen LogP contribution in [-0.2, 0) is 6.61 Å². The van der Waals surface area contributed by atoms with E-state index in [9.17, 15) is 0 Å². The number of piperazine rings is 1. The predicted octanol–water partition coefficient (Wildman–Crippen LogP) is 1.47. The second kappa shape index (κ2) is 6.34. The highest BCUT2D eigenvalue weighted by molar-refractivity contribution is 5.49. The lowest BCUT2D eigenvalue weighted by Crippen LogP contribution is -2.43. The van der Waals surface area contributed by atoms with Crippen molar-refractivity contribution in [2.45, 2.75) is 6.61 Å². The number of nitrogens with zero attached hydrogens (tertiary/aromatic N) is 3. The van der Waals surface area contributed by atoms with Gasteiger partial charge in [-0.2, -0.15) is 0 Å². The van der Waals surface area contributed by atoms with Gasteiger partial charge in [-0.25, -0.2) is 0 Å². The van der Waals surface area contributed by atoms with Gasteiger partial charge in [-0.15, -0.1) is 0 Å². The van der Waals surface area contributed by atoms with E-state index in [2.05, 4.69) is 32.3 Å². The Morgan fingerprint density at radius 1 is 1.10 bits per heavy atom. The van der Waals surface area contributed by atoms with Gasteiger partial charge in [0, 0.05) is 44.3 Å². The van der Waals surface area contributed by atoms with Crippen molar-refractivity contribution in [2.75, 3.05) is 31.1 Å². The highest BCUT2D eigenvalue weighted by atomic mass is 16.5. The first kappa shape index (κ1) is 12.9. The van der Waals surface area contributed by atoms with Crippen LogP contribution in [-0.4, -0.2) is 36.1 Å². The zero-order chi connectivity index (χ0) is 13.6. The standard InChI is InChI=1S/C15H18N4O/c1-3-15(20-12-13-11-17-5-6-18-13)4-2-14(1)19-9-7-16-8-10-19/h1-6,11,16H,7-10,12H2. The molecule has 5 nitrogen and oxygen atoms in total. The van der Waals surface area contributed by atoms with E-state index in [0.29, 0.717) is 6.61 Å². The number of hydrogen-bond donors (Lipinski definition) is 1. The molecule has 1 aromatic heterocycles. The summed E-state index contributed by atoms with van der Waals surface area (Å²) in [5.74, 6) is 0.856. The third-order valence-electron chi connectivity index (χ3n) is 3.32. The quantitative estimate of drug-likeness (QED) is 0.911. The van der Waals surface area contributed by atoms with Crippen LogP contribution in [0.4, 0.5) is 5.69 Å². The predicted molar refractivity (Wildman–Crippen MR) is 77.9 cm³/mol. The summed E-state index contributed by atoms with van der Waals surface area (Å²) < 4.78 is 5.70. The van der Waals surface area contributed by atoms with Crippen molar-refractivity contribution in [1.29, 1.82) is 0 Å². The first-order chi connectivity index (χ1) is 9.92. The van der Waals surface area contributed by atoms with Crippen molar-refractivity contribution >= 4 is 5.69 Å². The Morgan fingerprint density at radius 2 is 1.90 bits per heavy atom. The van der Waals surface area contributed by atoms with E-state index in [1.165, 1.54) is 5.69 Å². The highest BCUT2D eigenvalue weighted by Crippen LogP contribution is 2.20. The summed E-state index contributed by atoms with van der Waals surface area (Å²) >= 11 is 0. The molecule has 0 radical (unpaired) electrons. The van der Waals surface area contributed by atoms with Crippen LogP contribution in [0.5, 0.6) is 5.75 Å². The molecule has 0 unspecified atom stereocenters. The molecule has 3 rings (SSSR count). The smallest absolute Gasteiger partial charge is 0.132 e. The normalized spacial score (nSPS) is 15.1. The van der Waals surface area contributed by atoms with E-state index >= 15 is 0 Å². The van der Waals surface area contributed by atoms with Gasteiger partial charge in [-0.3, -0.25) is 9.97 Å². The molecule has 104 valence electrons. The number of rotatable bonds is 4. The Kier molecular flexibility index (Phi) is 4.08. The number of nitrogens with one attached hydrogen (secondary N) is 1. The molecule has 0 spiro atoms. The van der Waals surface area contributed by atoms with Gasteiger partial charge in [-0.05, 0) is 24.3 Å². The maximum Gasteiger partial charge on any atom is 0.132 e. The minimum Gasteiger partial charge on any atom is -0.487 e. The summed E-state index contributed by atoms with van der Waals surface area (Å²) in [6.45, 7) is 4.65. The second-order valence-corrected chi connectivity index (χ2v) is 4.72. The lowest BCUT2D eigenvalue weighted by atomic mass is 10.2. The van der Waals surface area contributed by atoms with Gasteiger partial charge in [0.05, 0.1) is 11.9 Å². The Hall–Kier alpha value is -2.14. The maximum absolute atomic E-state index is 5.70. The topological polar surface area (TPSA) is 50.3 Å². The van der Waals surface area contributed by atoms with E-state index in [4.69, 9.17) is 4.74 Å². The molecule has 1 saturated heterocycles. The largest absolute Gasteiger partial charge is 0.487 e. The van der Waals surface area contributed by atoms with Gasteiger partial charge >= 0.3 is 0 Å². The van der Waals surface area contributed by atoms with E-state index < -0.39 is 0 Å². The van der Waals surface area contributed by atoms with Gasteiger partial charge in [0.1, 0.15) is 12.4 Å². The summed E-state index contributed by atoms with van der Waals surface area (Å²) in [6.07, 6.45) is 5.05. The highest BCUT2D eigenvalue weighted by Gasteiger charge is 2.09. The molecule has 5 heteroatoms. The molecular weight excluding hydrogens is 252 g/mol. The average molecular weight is 270 g/mol. The fraction of sp³-hybridized carbons (Fsp3) is 0.333. The Balaban J connectivity index is 1.58. The van der Waals surface area contributed by atoms with Gasteiger partial charge in [0.15, 0.2) is 0 Å². The first-order valence-electron chi connectivity index (χ1n) is 6.85. The number of hydrogen-bond acceptors (Lipinski definition) is 5. The van der Waals surface area contributed by atoms with Crippen LogP contribution in [0.2, 0.25) is 0 Å². The third kappa shape index (κ3) is 3.24. The zero-order valence-corrected chi connectivity index (χ0v) is 11.3. The summed E-state index contributed by atoms with van der Waals surface area (Å²) in [5.41, 5.74) is 2.08. The second-order valence-electron chi connectivity index (χ2n) is 4.72. The lowest BCUT2D eigenvalue weighted by molar-refractivity contribution is 0.301. The van der Waals surface area contributed by atoms with Crippen molar-refractivity contribution in [3.8, 4) is 5.75 Å². The number of aromatic nitrogens is 2. The maximum atomic E-state index is 5.70. The molecule has 2 heterocycles. The fourth-order valence-electron chi connectivity index (χ4n) is 2.24. The fourth-order valence-corrected chi connectivity index (χ4v) is 2.24. The molecular formula is C15H18N4O. The molecule has 20 heavy (non-hydrogen) atoms. The first-order valence-corrected chi connectivity index (χ1v) is 6.85. The molecule has 0 aliphatic carbocycles. The zero-order valence-electron chi connectivity index (χ0n) is 11.3. The van der Waals surface area contributed by atoms with Gasteiger partial charge in [-0.1, -0.05) is 0 Å². The van der Waals surface area contributed by atoms with Crippen molar-refractivity contribution in [2.24, 2.45) is 0 Å². The van der Waals surface area contributed by atoms with Crippen molar-refractivity contribution in [3.05, 3.63) is 48.5 Å². The van der Waals surface area contributed by atoms with E-state index in [-0.39, 0.29) is 0 Å². The van der Waals surface area contributed by atoms with Crippen molar-refractivity contribution in [3.63, 3.8) is 0 Å². The lowest BCUT2D eigenvalue weighted by Gasteiger charge is -2.29. The molecule has 1 aliphatic rings. The van der Waals surface area contributed by atoms with Gasteiger partial charge < -0.3 is 15.0 Å². The number of benzene rings is 1. The summed E-state index contributed by atoms with van der Waals surface area (Å²) in [4.78, 5) is 10.6. The van der Waals surface area contributed by atoms with Gasteiger partial charge in [0.25, 0.3) is 0 Å². The van der Waals surface area contributed by atoms with E-state index in [1.807, 2.05) is 12.1 Å². The van der Waals surface area contributed by atoms with Crippen LogP contribution in [0.1, 0.15) is 5.69 Å². The van der Waals surface area contributed by atoms with Crippen molar-refractivity contribution in [1.82, 2.24) is 15.3 Å². The molecule has 0 amide bonds. The molecule has 0 saturated carbocycles. The van der Waals surface area contributed by atoms with Crippen LogP contribution in [0.15, 0.2) is 42.9 Å². The minimum absolute atomic E-state index is 0.445. The Labute approximate surface area is 118 Å². The molecule has 1 aromatic carbocycles. The third-order valence-corrected chi connectivity index (χ3v) is 3.32. The van der Waals surface area contributed by atoms with Crippen molar-refractivity contribution < 1.29 is 4.74 Å². The Morgan fingerprint density at radius 3 is 2.60 bits per heavy atom. The van der Waals surface area contributed by atoms with Crippen LogP contribution in [0.3, 0.4) is 0 Å². The van der Waals surface area contributed by atoms with Crippen LogP contribution >= 0.6 is 0 Å². The summed E-state index contributed by atoms with van der Waals surface area (Å²) in [7, 11) is 0. The van der Waals surface area contributed by atoms with E-state index in [0.717, 1.165) is 37.6 Å². The molecule has 1 aliphatic heterocycles. The SMILES string of the molecule is c1cnc(COc2ccc(N3CCNCC3)cc2)cn1.